The van der Waals surface area contributed by atoms with Crippen LogP contribution in [0, 0.1) is 5.92 Å². The van der Waals surface area contributed by atoms with Crippen molar-refractivity contribution in [3.63, 3.8) is 0 Å². The van der Waals surface area contributed by atoms with Gasteiger partial charge in [-0.05, 0) is 25.5 Å². The van der Waals surface area contributed by atoms with Gasteiger partial charge in [-0.15, -0.1) is 0 Å². The van der Waals surface area contributed by atoms with Gasteiger partial charge in [-0.25, -0.2) is 4.99 Å². The maximum Gasteiger partial charge on any atom is 0.273 e. The maximum absolute atomic E-state index is 11.1. The number of rotatable bonds is 0. The summed E-state index contributed by atoms with van der Waals surface area (Å²) in [5, 5.41) is 9.62. The van der Waals surface area contributed by atoms with Crippen molar-refractivity contribution >= 4 is 11.6 Å². The maximum atomic E-state index is 11.1. The third-order valence-corrected chi connectivity index (χ3v) is 2.39. The highest BCUT2D eigenvalue weighted by Gasteiger charge is 2.28. The number of nitrogens with zero attached hydrogens (tertiary/aromatic N) is 1. The molecule has 1 N–H and O–H groups in total. The molecule has 1 atom stereocenters. The second-order valence-electron chi connectivity index (χ2n) is 3.65. The summed E-state index contributed by atoms with van der Waals surface area (Å²) in [4.78, 5) is 14.9. The second kappa shape index (κ2) is 2.94. The zero-order chi connectivity index (χ0) is 10.3. The number of aliphatic hydroxyl groups excluding tert-OH is 1. The van der Waals surface area contributed by atoms with Crippen LogP contribution in [-0.4, -0.2) is 16.7 Å². The van der Waals surface area contributed by atoms with Gasteiger partial charge in [0, 0.05) is 6.08 Å². The Morgan fingerprint density at radius 3 is 2.71 bits per heavy atom. The molecule has 1 aliphatic carbocycles. The summed E-state index contributed by atoms with van der Waals surface area (Å²) in [6, 6.07) is 0. The van der Waals surface area contributed by atoms with E-state index in [1.165, 1.54) is 6.08 Å². The minimum absolute atomic E-state index is 0.0949. The van der Waals surface area contributed by atoms with Gasteiger partial charge in [0.1, 0.15) is 5.76 Å². The standard InChI is InChI=1S/C11H11NO2/c1-6-3-7(2)11-8(4-6)12-10(14)5-9(11)13/h3-5,11,13H,1-2H3. The molecule has 1 unspecified atom stereocenters. The molecule has 72 valence electrons. The number of aliphatic hydroxyl groups is 1. The number of carbonyl (C=O) groups is 1. The van der Waals surface area contributed by atoms with Crippen molar-refractivity contribution in [2.24, 2.45) is 10.9 Å². The van der Waals surface area contributed by atoms with E-state index in [1.807, 2.05) is 26.0 Å². The molecule has 0 aromatic carbocycles. The largest absolute Gasteiger partial charge is 0.511 e. The lowest BCUT2D eigenvalue weighted by atomic mass is 9.85. The monoisotopic (exact) mass is 189 g/mol. The molecule has 1 aliphatic heterocycles. The summed E-state index contributed by atoms with van der Waals surface area (Å²) in [5.41, 5.74) is 2.72. The molecule has 2 aliphatic rings. The predicted octanol–water partition coefficient (Wildman–Crippen LogP) is 1.93. The quantitative estimate of drug-likeness (QED) is 0.633. The Bertz CT molecular complexity index is 425. The summed E-state index contributed by atoms with van der Waals surface area (Å²) in [7, 11) is 0. The average Bonchev–Trinajstić information content (AvgIpc) is 1.99. The Balaban J connectivity index is 2.51. The van der Waals surface area contributed by atoms with E-state index in [0.717, 1.165) is 11.1 Å². The van der Waals surface area contributed by atoms with Crippen LogP contribution in [0.3, 0.4) is 0 Å². The summed E-state index contributed by atoms with van der Waals surface area (Å²) >= 11 is 0. The van der Waals surface area contributed by atoms with Gasteiger partial charge in [-0.3, -0.25) is 4.79 Å². The number of hydrogen-bond donors (Lipinski definition) is 1. The Kier molecular flexibility index (Phi) is 1.88. The van der Waals surface area contributed by atoms with Gasteiger partial charge in [0.2, 0.25) is 0 Å². The van der Waals surface area contributed by atoms with Crippen molar-refractivity contribution in [1.29, 1.82) is 0 Å². The SMILES string of the molecule is CC1=CC2=NC(=O)C=C(O)C2C(C)=C1. The molecule has 0 saturated carbocycles. The third kappa shape index (κ3) is 1.31. The first-order valence-corrected chi connectivity index (χ1v) is 4.47. The molecule has 1 heterocycles. The highest BCUT2D eigenvalue weighted by atomic mass is 16.3. The molecule has 0 spiro atoms. The predicted molar refractivity (Wildman–Crippen MR) is 54.2 cm³/mol. The summed E-state index contributed by atoms with van der Waals surface area (Å²) in [5.74, 6) is -0.499. The van der Waals surface area contributed by atoms with Crippen LogP contribution < -0.4 is 0 Å². The van der Waals surface area contributed by atoms with Crippen LogP contribution in [0.25, 0.3) is 0 Å². The lowest BCUT2D eigenvalue weighted by Gasteiger charge is -2.23. The molecular formula is C11H11NO2. The van der Waals surface area contributed by atoms with Crippen LogP contribution in [0.5, 0.6) is 0 Å². The fraction of sp³-hybridized carbons (Fsp3) is 0.273. The number of aliphatic imine (C=N–C) groups is 1. The van der Waals surface area contributed by atoms with Gasteiger partial charge >= 0.3 is 0 Å². The van der Waals surface area contributed by atoms with Crippen molar-refractivity contribution in [3.05, 3.63) is 35.1 Å². The Labute approximate surface area is 82.2 Å². The molecule has 0 radical (unpaired) electrons. The van der Waals surface area contributed by atoms with Crippen LogP contribution in [-0.2, 0) is 4.79 Å². The average molecular weight is 189 g/mol. The van der Waals surface area contributed by atoms with Crippen molar-refractivity contribution in [2.45, 2.75) is 13.8 Å². The van der Waals surface area contributed by atoms with Crippen LogP contribution in [0.4, 0.5) is 0 Å². The minimum atomic E-state index is -0.382. The van der Waals surface area contributed by atoms with Gasteiger partial charge in [0.05, 0.1) is 11.6 Å². The van der Waals surface area contributed by atoms with Gasteiger partial charge in [0.25, 0.3) is 5.91 Å². The molecule has 0 bridgehead atoms. The molecule has 0 aromatic rings. The highest BCUT2D eigenvalue weighted by molar-refractivity contribution is 6.12. The van der Waals surface area contributed by atoms with Crippen molar-refractivity contribution in [2.75, 3.05) is 0 Å². The number of allylic oxidation sites excluding steroid dienone is 4. The van der Waals surface area contributed by atoms with E-state index in [9.17, 15) is 9.90 Å². The van der Waals surface area contributed by atoms with E-state index in [1.54, 1.807) is 0 Å². The van der Waals surface area contributed by atoms with E-state index in [4.69, 9.17) is 0 Å². The molecule has 0 aromatic heterocycles. The Morgan fingerprint density at radius 1 is 1.29 bits per heavy atom. The van der Waals surface area contributed by atoms with Gasteiger partial charge in [0.15, 0.2) is 0 Å². The van der Waals surface area contributed by atoms with Crippen LogP contribution in [0.1, 0.15) is 13.8 Å². The molecule has 3 heteroatoms. The fourth-order valence-corrected chi connectivity index (χ4v) is 1.88. The van der Waals surface area contributed by atoms with Gasteiger partial charge in [-0.1, -0.05) is 11.6 Å². The smallest absolute Gasteiger partial charge is 0.273 e. The summed E-state index contributed by atoms with van der Waals surface area (Å²) in [6.45, 7) is 3.87. The van der Waals surface area contributed by atoms with Gasteiger partial charge in [-0.2, -0.15) is 0 Å². The Morgan fingerprint density at radius 2 is 2.00 bits per heavy atom. The van der Waals surface area contributed by atoms with Crippen LogP contribution in [0.15, 0.2) is 40.1 Å². The van der Waals surface area contributed by atoms with Crippen molar-refractivity contribution < 1.29 is 9.90 Å². The number of hydrogen-bond acceptors (Lipinski definition) is 2. The lowest BCUT2D eigenvalue weighted by molar-refractivity contribution is -0.113. The van der Waals surface area contributed by atoms with Crippen molar-refractivity contribution in [3.8, 4) is 0 Å². The zero-order valence-corrected chi connectivity index (χ0v) is 8.11. The Hall–Kier alpha value is -1.64. The first-order valence-electron chi connectivity index (χ1n) is 4.47. The van der Waals surface area contributed by atoms with Crippen LogP contribution >= 0.6 is 0 Å². The number of fused-ring (bicyclic) bond motifs is 1. The van der Waals surface area contributed by atoms with E-state index in [0.29, 0.717) is 5.71 Å². The first kappa shape index (κ1) is 8.94. The first-order chi connectivity index (χ1) is 6.58. The van der Waals surface area contributed by atoms with Crippen LogP contribution in [0.2, 0.25) is 0 Å². The number of amides is 1. The molecule has 0 saturated heterocycles. The van der Waals surface area contributed by atoms with Crippen molar-refractivity contribution in [1.82, 2.24) is 0 Å². The number of carbonyl (C=O) groups excluding carboxylic acids is 1. The van der Waals surface area contributed by atoms with E-state index >= 15 is 0 Å². The minimum Gasteiger partial charge on any atom is -0.511 e. The summed E-state index contributed by atoms with van der Waals surface area (Å²) < 4.78 is 0. The zero-order valence-electron chi connectivity index (χ0n) is 8.11. The molecular weight excluding hydrogens is 178 g/mol. The number of dihydropyridines is 1. The third-order valence-electron chi connectivity index (χ3n) is 2.39. The molecule has 2 rings (SSSR count). The summed E-state index contributed by atoms with van der Waals surface area (Å²) in [6.07, 6.45) is 5.00. The normalized spacial score (nSPS) is 25.9. The molecule has 0 fully saturated rings. The lowest BCUT2D eigenvalue weighted by Crippen LogP contribution is -2.24. The molecule has 3 nitrogen and oxygen atoms in total. The van der Waals surface area contributed by atoms with E-state index < -0.39 is 0 Å². The molecule has 1 amide bonds. The molecule has 14 heavy (non-hydrogen) atoms. The van der Waals surface area contributed by atoms with E-state index in [-0.39, 0.29) is 17.6 Å². The van der Waals surface area contributed by atoms with E-state index in [2.05, 4.69) is 4.99 Å². The topological polar surface area (TPSA) is 49.7 Å². The fourth-order valence-electron chi connectivity index (χ4n) is 1.88. The van der Waals surface area contributed by atoms with Gasteiger partial charge < -0.3 is 5.11 Å². The second-order valence-corrected chi connectivity index (χ2v) is 3.65. The highest BCUT2D eigenvalue weighted by Crippen LogP contribution is 2.29.